The highest BCUT2D eigenvalue weighted by molar-refractivity contribution is 7.92. The number of nitrogens with zero attached hydrogens (tertiary/aromatic N) is 1. The van der Waals surface area contributed by atoms with Gasteiger partial charge in [0.1, 0.15) is 17.1 Å². The SMILES string of the molecule is CCC1(CC)C[C@H](NC(=O)[C@H]2CCN(S(C)(=O)=O)c3ccccc3O2)c2ccccc2O1. The Kier molecular flexibility index (Phi) is 6.07. The first-order valence-corrected chi connectivity index (χ1v) is 12.9. The van der Waals surface area contributed by atoms with Gasteiger partial charge in [0, 0.05) is 24.9 Å². The third-order valence-electron chi connectivity index (χ3n) is 6.49. The van der Waals surface area contributed by atoms with Crippen molar-refractivity contribution in [3.05, 3.63) is 54.1 Å². The summed E-state index contributed by atoms with van der Waals surface area (Å²) in [6.07, 6.45) is 2.96. The molecule has 32 heavy (non-hydrogen) atoms. The van der Waals surface area contributed by atoms with Gasteiger partial charge in [0.05, 0.1) is 18.0 Å². The van der Waals surface area contributed by atoms with Crippen LogP contribution in [0.5, 0.6) is 11.5 Å². The Morgan fingerprint density at radius 3 is 2.44 bits per heavy atom. The molecule has 2 atom stereocenters. The van der Waals surface area contributed by atoms with Crippen LogP contribution in [0.3, 0.4) is 0 Å². The van der Waals surface area contributed by atoms with Crippen LogP contribution in [-0.4, -0.2) is 38.8 Å². The fourth-order valence-corrected chi connectivity index (χ4v) is 5.50. The lowest BCUT2D eigenvalue weighted by Gasteiger charge is -2.42. The number of fused-ring (bicyclic) bond motifs is 2. The van der Waals surface area contributed by atoms with E-state index >= 15 is 0 Å². The van der Waals surface area contributed by atoms with E-state index in [1.165, 1.54) is 4.31 Å². The van der Waals surface area contributed by atoms with Crippen molar-refractivity contribution in [1.29, 1.82) is 0 Å². The Morgan fingerprint density at radius 2 is 1.75 bits per heavy atom. The first kappa shape index (κ1) is 22.5. The average Bonchev–Trinajstić information content (AvgIpc) is 2.99. The summed E-state index contributed by atoms with van der Waals surface area (Å²) in [6.45, 7) is 4.37. The molecule has 2 aliphatic heterocycles. The monoisotopic (exact) mass is 458 g/mol. The molecule has 8 heteroatoms. The number of ether oxygens (including phenoxy) is 2. The predicted octanol–water partition coefficient (Wildman–Crippen LogP) is 3.80. The second-order valence-corrected chi connectivity index (χ2v) is 10.4. The maximum absolute atomic E-state index is 13.3. The maximum atomic E-state index is 13.3. The van der Waals surface area contributed by atoms with Crippen LogP contribution in [-0.2, 0) is 14.8 Å². The maximum Gasteiger partial charge on any atom is 0.261 e. The van der Waals surface area contributed by atoms with Gasteiger partial charge in [0.2, 0.25) is 10.0 Å². The van der Waals surface area contributed by atoms with E-state index in [0.717, 1.165) is 30.4 Å². The minimum Gasteiger partial charge on any atom is -0.487 e. The van der Waals surface area contributed by atoms with E-state index in [1.54, 1.807) is 24.3 Å². The quantitative estimate of drug-likeness (QED) is 0.737. The summed E-state index contributed by atoms with van der Waals surface area (Å²) in [5, 5.41) is 3.17. The van der Waals surface area contributed by atoms with Gasteiger partial charge < -0.3 is 14.8 Å². The molecule has 0 aromatic heterocycles. The number of hydrogen-bond donors (Lipinski definition) is 1. The van der Waals surface area contributed by atoms with Crippen molar-refractivity contribution in [2.24, 2.45) is 0 Å². The summed E-state index contributed by atoms with van der Waals surface area (Å²) in [5.74, 6) is 0.931. The number of carbonyl (C=O) groups is 1. The molecule has 2 aromatic rings. The first-order valence-electron chi connectivity index (χ1n) is 11.1. The second-order valence-electron chi connectivity index (χ2n) is 8.49. The van der Waals surface area contributed by atoms with Gasteiger partial charge >= 0.3 is 0 Å². The normalized spacial score (nSPS) is 21.9. The summed E-state index contributed by atoms with van der Waals surface area (Å²) in [7, 11) is -3.50. The molecule has 0 saturated carbocycles. The predicted molar refractivity (Wildman–Crippen MR) is 124 cm³/mol. The van der Waals surface area contributed by atoms with E-state index in [2.05, 4.69) is 19.2 Å². The van der Waals surface area contributed by atoms with E-state index in [-0.39, 0.29) is 30.5 Å². The van der Waals surface area contributed by atoms with E-state index in [9.17, 15) is 13.2 Å². The average molecular weight is 459 g/mol. The lowest BCUT2D eigenvalue weighted by atomic mass is 9.83. The van der Waals surface area contributed by atoms with E-state index in [0.29, 0.717) is 17.9 Å². The van der Waals surface area contributed by atoms with Crippen LogP contribution in [0.25, 0.3) is 0 Å². The number of anilines is 1. The third kappa shape index (κ3) is 4.28. The highest BCUT2D eigenvalue weighted by atomic mass is 32.2. The van der Waals surface area contributed by atoms with Crippen LogP contribution in [0.4, 0.5) is 5.69 Å². The molecule has 0 fully saturated rings. The summed E-state index contributed by atoms with van der Waals surface area (Å²) in [6, 6.07) is 14.5. The summed E-state index contributed by atoms with van der Waals surface area (Å²) < 4.78 is 38.3. The molecule has 1 amide bonds. The number of nitrogens with one attached hydrogen (secondary N) is 1. The molecule has 0 spiro atoms. The van der Waals surface area contributed by atoms with Crippen LogP contribution < -0.4 is 19.1 Å². The van der Waals surface area contributed by atoms with Gasteiger partial charge in [0.15, 0.2) is 6.10 Å². The molecule has 4 rings (SSSR count). The van der Waals surface area contributed by atoms with Gasteiger partial charge in [0.25, 0.3) is 5.91 Å². The topological polar surface area (TPSA) is 84.9 Å². The minimum atomic E-state index is -3.50. The van der Waals surface area contributed by atoms with Gasteiger partial charge in [-0.25, -0.2) is 8.42 Å². The van der Waals surface area contributed by atoms with E-state index in [1.807, 2.05) is 24.3 Å². The Labute approximate surface area is 189 Å². The molecule has 172 valence electrons. The highest BCUT2D eigenvalue weighted by Crippen LogP contribution is 2.43. The Balaban J connectivity index is 1.59. The smallest absolute Gasteiger partial charge is 0.261 e. The zero-order valence-electron chi connectivity index (χ0n) is 18.7. The van der Waals surface area contributed by atoms with Gasteiger partial charge in [-0.1, -0.05) is 44.2 Å². The van der Waals surface area contributed by atoms with Gasteiger partial charge in [-0.15, -0.1) is 0 Å². The van der Waals surface area contributed by atoms with Crippen LogP contribution in [0.15, 0.2) is 48.5 Å². The molecule has 2 aromatic carbocycles. The van der Waals surface area contributed by atoms with Gasteiger partial charge in [-0.2, -0.15) is 0 Å². The van der Waals surface area contributed by atoms with Crippen LogP contribution in [0.2, 0.25) is 0 Å². The van der Waals surface area contributed by atoms with Crippen molar-refractivity contribution in [3.8, 4) is 11.5 Å². The fraction of sp³-hybridized carbons (Fsp3) is 0.458. The number of hydrogen-bond acceptors (Lipinski definition) is 5. The van der Waals surface area contributed by atoms with Gasteiger partial charge in [-0.3, -0.25) is 9.10 Å². The number of benzene rings is 2. The third-order valence-corrected chi connectivity index (χ3v) is 7.67. The summed E-state index contributed by atoms with van der Waals surface area (Å²) in [4.78, 5) is 13.3. The standard InChI is InChI=1S/C24H30N2O5S/c1-4-24(5-2)16-18(17-10-6-8-12-20(17)31-24)25-23(27)22-14-15-26(32(3,28)29)19-11-7-9-13-21(19)30-22/h6-13,18,22H,4-5,14-16H2,1-3H3,(H,25,27)/t18-,22+/m0/s1. The molecule has 1 N–H and O–H groups in total. The van der Waals surface area contributed by atoms with Gasteiger partial charge in [-0.05, 0) is 31.0 Å². The molecule has 2 aliphatic rings. The molecule has 0 radical (unpaired) electrons. The Morgan fingerprint density at radius 1 is 1.09 bits per heavy atom. The summed E-state index contributed by atoms with van der Waals surface area (Å²) >= 11 is 0. The van der Waals surface area contributed by atoms with E-state index < -0.39 is 16.1 Å². The van der Waals surface area contributed by atoms with Crippen LogP contribution in [0.1, 0.15) is 51.1 Å². The first-order chi connectivity index (χ1) is 15.3. The molecule has 7 nitrogen and oxygen atoms in total. The van der Waals surface area contributed by atoms with Crippen molar-refractivity contribution in [3.63, 3.8) is 0 Å². The lowest BCUT2D eigenvalue weighted by molar-refractivity contribution is -0.129. The van der Waals surface area contributed by atoms with Crippen molar-refractivity contribution in [1.82, 2.24) is 5.32 Å². The molecule has 0 saturated heterocycles. The number of para-hydroxylation sites is 3. The molecular weight excluding hydrogens is 428 g/mol. The Hall–Kier alpha value is -2.74. The molecule has 0 aliphatic carbocycles. The highest BCUT2D eigenvalue weighted by Gasteiger charge is 2.40. The largest absolute Gasteiger partial charge is 0.487 e. The second kappa shape index (κ2) is 8.65. The molecule has 0 unspecified atom stereocenters. The van der Waals surface area contributed by atoms with Crippen LogP contribution >= 0.6 is 0 Å². The Bertz CT molecular complexity index is 1100. The molecular formula is C24H30N2O5S. The van der Waals surface area contributed by atoms with Crippen LogP contribution in [0, 0.1) is 0 Å². The zero-order valence-corrected chi connectivity index (χ0v) is 19.5. The number of rotatable bonds is 5. The number of amides is 1. The molecule has 0 bridgehead atoms. The summed E-state index contributed by atoms with van der Waals surface area (Å²) in [5.41, 5.74) is 1.07. The number of carbonyl (C=O) groups excluding carboxylic acids is 1. The lowest BCUT2D eigenvalue weighted by Crippen LogP contribution is -2.47. The fourth-order valence-electron chi connectivity index (χ4n) is 4.55. The number of sulfonamides is 1. The van der Waals surface area contributed by atoms with E-state index in [4.69, 9.17) is 9.47 Å². The molecule has 2 heterocycles. The van der Waals surface area contributed by atoms with Crippen molar-refractivity contribution < 1.29 is 22.7 Å². The van der Waals surface area contributed by atoms with Crippen molar-refractivity contribution in [2.75, 3.05) is 17.1 Å². The van der Waals surface area contributed by atoms with Crippen molar-refractivity contribution >= 4 is 21.6 Å². The minimum absolute atomic E-state index is 0.173. The zero-order chi connectivity index (χ0) is 22.9. The van der Waals surface area contributed by atoms with Crippen molar-refractivity contribution in [2.45, 2.75) is 57.3 Å².